The molecular weight excluding hydrogens is 185 g/mol. The molecule has 1 heteroatoms. The summed E-state index contributed by atoms with van der Waals surface area (Å²) in [5.41, 5.74) is 0. The van der Waals surface area contributed by atoms with Crippen molar-refractivity contribution >= 4 is 0 Å². The Kier molecular flexibility index (Phi) is 4.06. The molecule has 0 unspecified atom stereocenters. The van der Waals surface area contributed by atoms with Crippen LogP contribution < -0.4 is 0 Å². The summed E-state index contributed by atoms with van der Waals surface area (Å²) in [5, 5.41) is 0. The molecular formula is C10H18Zn. The zero-order valence-corrected chi connectivity index (χ0v) is 10.5. The molecule has 0 heterocycles. The van der Waals surface area contributed by atoms with Crippen molar-refractivity contribution in [2.45, 2.75) is 51.4 Å². The second-order valence-electron chi connectivity index (χ2n) is 4.09. The van der Waals surface area contributed by atoms with Gasteiger partial charge in [-0.25, -0.2) is 0 Å². The number of rotatable bonds is 0. The average molecular weight is 204 g/mol. The van der Waals surface area contributed by atoms with Crippen LogP contribution in [0, 0.1) is 11.8 Å². The van der Waals surface area contributed by atoms with Crippen molar-refractivity contribution in [3.8, 4) is 0 Å². The predicted octanol–water partition coefficient (Wildman–Crippen LogP) is 3.36. The fraction of sp³-hybridized carbons (Fsp3) is 1.00. The van der Waals surface area contributed by atoms with Gasteiger partial charge in [0, 0.05) is 19.5 Å². The Morgan fingerprint density at radius 1 is 0.545 bits per heavy atom. The zero-order valence-electron chi connectivity index (χ0n) is 7.52. The maximum Gasteiger partial charge on any atom is 0 e. The maximum atomic E-state index is 1.56. The summed E-state index contributed by atoms with van der Waals surface area (Å²) < 4.78 is 0. The van der Waals surface area contributed by atoms with Crippen LogP contribution in [0.2, 0.25) is 0 Å². The Labute approximate surface area is 82.9 Å². The van der Waals surface area contributed by atoms with Crippen molar-refractivity contribution in [3.63, 3.8) is 0 Å². The van der Waals surface area contributed by atoms with Crippen molar-refractivity contribution in [2.75, 3.05) is 0 Å². The molecule has 2 fully saturated rings. The Bertz CT molecular complexity index is 85.4. The van der Waals surface area contributed by atoms with E-state index in [-0.39, 0.29) is 19.5 Å². The monoisotopic (exact) mass is 202 g/mol. The van der Waals surface area contributed by atoms with E-state index in [1.54, 1.807) is 25.7 Å². The van der Waals surface area contributed by atoms with E-state index in [9.17, 15) is 0 Å². The minimum Gasteiger partial charge on any atom is -0.0530 e. The van der Waals surface area contributed by atoms with Gasteiger partial charge in [0.1, 0.15) is 0 Å². The molecule has 0 radical (unpaired) electrons. The van der Waals surface area contributed by atoms with Gasteiger partial charge in [-0.05, 0) is 11.8 Å². The number of fused-ring (bicyclic) bond motifs is 1. The summed E-state index contributed by atoms with van der Waals surface area (Å²) in [6.45, 7) is 0. The van der Waals surface area contributed by atoms with Crippen molar-refractivity contribution < 1.29 is 19.5 Å². The van der Waals surface area contributed by atoms with Gasteiger partial charge < -0.3 is 0 Å². The molecule has 0 aliphatic heterocycles. The molecule has 11 heavy (non-hydrogen) atoms. The van der Waals surface area contributed by atoms with Crippen molar-refractivity contribution in [1.29, 1.82) is 0 Å². The minimum absolute atomic E-state index is 0. The van der Waals surface area contributed by atoms with Crippen LogP contribution in [0.15, 0.2) is 0 Å². The Hall–Kier alpha value is 0.623. The first-order chi connectivity index (χ1) is 4.97. The second kappa shape index (κ2) is 4.60. The molecule has 0 saturated heterocycles. The van der Waals surface area contributed by atoms with Gasteiger partial charge in [0.2, 0.25) is 0 Å². The quantitative estimate of drug-likeness (QED) is 0.530. The van der Waals surface area contributed by atoms with E-state index in [0.717, 1.165) is 11.8 Å². The zero-order chi connectivity index (χ0) is 6.81. The third-order valence-electron chi connectivity index (χ3n) is 3.47. The van der Waals surface area contributed by atoms with Gasteiger partial charge in [0.05, 0.1) is 0 Å². The average Bonchev–Trinajstić information content (AvgIpc) is 2.05. The normalized spacial score (nSPS) is 37.1. The van der Waals surface area contributed by atoms with E-state index >= 15 is 0 Å². The first-order valence-electron chi connectivity index (χ1n) is 4.97. The van der Waals surface area contributed by atoms with Crippen molar-refractivity contribution in [1.82, 2.24) is 0 Å². The Morgan fingerprint density at radius 3 is 1.09 bits per heavy atom. The first kappa shape index (κ1) is 9.71. The molecule has 2 saturated carbocycles. The van der Waals surface area contributed by atoms with Crippen LogP contribution in [0.3, 0.4) is 0 Å². The van der Waals surface area contributed by atoms with E-state index in [1.165, 1.54) is 25.7 Å². The molecule has 0 bridgehead atoms. The number of hydrogen-bond donors (Lipinski definition) is 0. The predicted molar refractivity (Wildman–Crippen MR) is 43.9 cm³/mol. The molecule has 0 atom stereocenters. The SMILES string of the molecule is C1CCC2CCCCC2C1.[Zn]. The molecule has 60 valence electrons. The second-order valence-corrected chi connectivity index (χ2v) is 4.09. The smallest absolute Gasteiger partial charge is 0 e. The van der Waals surface area contributed by atoms with Crippen LogP contribution in [0.1, 0.15) is 51.4 Å². The molecule has 0 nitrogen and oxygen atoms in total. The summed E-state index contributed by atoms with van der Waals surface area (Å²) in [6.07, 6.45) is 12.4. The van der Waals surface area contributed by atoms with Crippen LogP contribution in [0.5, 0.6) is 0 Å². The molecule has 0 N–H and O–H groups in total. The third kappa shape index (κ3) is 2.28. The molecule has 0 amide bonds. The van der Waals surface area contributed by atoms with Crippen LogP contribution in [-0.4, -0.2) is 0 Å². The van der Waals surface area contributed by atoms with Gasteiger partial charge >= 0.3 is 0 Å². The number of hydrogen-bond acceptors (Lipinski definition) is 0. The van der Waals surface area contributed by atoms with E-state index in [2.05, 4.69) is 0 Å². The molecule has 0 aromatic heterocycles. The van der Waals surface area contributed by atoms with Crippen molar-refractivity contribution in [3.05, 3.63) is 0 Å². The van der Waals surface area contributed by atoms with Crippen LogP contribution in [-0.2, 0) is 19.5 Å². The standard InChI is InChI=1S/C10H18.Zn/c1-2-6-10-8-4-3-7-9(10)5-1;/h9-10H,1-8H2;. The minimum atomic E-state index is 0. The summed E-state index contributed by atoms with van der Waals surface area (Å²) >= 11 is 0. The molecule has 0 aromatic rings. The summed E-state index contributed by atoms with van der Waals surface area (Å²) in [5.74, 6) is 2.31. The van der Waals surface area contributed by atoms with E-state index in [1.807, 2.05) is 0 Å². The van der Waals surface area contributed by atoms with Crippen LogP contribution in [0.4, 0.5) is 0 Å². The van der Waals surface area contributed by atoms with Crippen LogP contribution in [0.25, 0.3) is 0 Å². The Balaban J connectivity index is 0.000000605. The molecule has 0 spiro atoms. The summed E-state index contributed by atoms with van der Waals surface area (Å²) in [7, 11) is 0. The fourth-order valence-electron chi connectivity index (χ4n) is 2.86. The Morgan fingerprint density at radius 2 is 0.818 bits per heavy atom. The summed E-state index contributed by atoms with van der Waals surface area (Å²) in [4.78, 5) is 0. The van der Waals surface area contributed by atoms with Gasteiger partial charge in [-0.2, -0.15) is 0 Å². The fourth-order valence-corrected chi connectivity index (χ4v) is 2.86. The molecule has 2 aliphatic carbocycles. The van der Waals surface area contributed by atoms with E-state index < -0.39 is 0 Å². The summed E-state index contributed by atoms with van der Waals surface area (Å²) in [6, 6.07) is 0. The van der Waals surface area contributed by atoms with Gasteiger partial charge in [-0.1, -0.05) is 51.4 Å². The maximum absolute atomic E-state index is 1.56. The molecule has 0 aromatic carbocycles. The first-order valence-corrected chi connectivity index (χ1v) is 4.97. The van der Waals surface area contributed by atoms with Gasteiger partial charge in [-0.15, -0.1) is 0 Å². The molecule has 2 rings (SSSR count). The molecule has 2 aliphatic rings. The van der Waals surface area contributed by atoms with Crippen molar-refractivity contribution in [2.24, 2.45) is 11.8 Å². The van der Waals surface area contributed by atoms with Gasteiger partial charge in [0.15, 0.2) is 0 Å². The van der Waals surface area contributed by atoms with Gasteiger partial charge in [0.25, 0.3) is 0 Å². The largest absolute Gasteiger partial charge is 0.0530 e. The van der Waals surface area contributed by atoms with E-state index in [4.69, 9.17) is 0 Å². The van der Waals surface area contributed by atoms with E-state index in [0.29, 0.717) is 0 Å². The topological polar surface area (TPSA) is 0 Å². The van der Waals surface area contributed by atoms with Gasteiger partial charge in [-0.3, -0.25) is 0 Å². The van der Waals surface area contributed by atoms with Crippen LogP contribution >= 0.6 is 0 Å². The third-order valence-corrected chi connectivity index (χ3v) is 3.47.